The SMILES string of the molecule is O=C(O)c1ccnc(Oc2cccc(I)c2)n1. The predicted octanol–water partition coefficient (Wildman–Crippen LogP) is 2.57. The topological polar surface area (TPSA) is 72.3 Å². The number of nitrogens with zero attached hydrogens (tertiary/aromatic N) is 2. The zero-order valence-electron chi connectivity index (χ0n) is 8.50. The fourth-order valence-corrected chi connectivity index (χ4v) is 1.66. The van der Waals surface area contributed by atoms with E-state index in [9.17, 15) is 4.79 Å². The summed E-state index contributed by atoms with van der Waals surface area (Å²) < 4.78 is 6.37. The predicted molar refractivity (Wildman–Crippen MR) is 68.2 cm³/mol. The van der Waals surface area contributed by atoms with Gasteiger partial charge < -0.3 is 9.84 Å². The van der Waals surface area contributed by atoms with Crippen molar-refractivity contribution in [3.63, 3.8) is 0 Å². The fourth-order valence-electron chi connectivity index (χ4n) is 1.14. The van der Waals surface area contributed by atoms with Crippen LogP contribution in [0.5, 0.6) is 11.8 Å². The summed E-state index contributed by atoms with van der Waals surface area (Å²) in [5, 5.41) is 8.77. The van der Waals surface area contributed by atoms with E-state index in [1.807, 2.05) is 12.1 Å². The van der Waals surface area contributed by atoms with Gasteiger partial charge in [0.15, 0.2) is 5.69 Å². The highest BCUT2D eigenvalue weighted by molar-refractivity contribution is 14.1. The number of aromatic carboxylic acids is 1. The Morgan fingerprint density at radius 2 is 2.18 bits per heavy atom. The number of ether oxygens (including phenoxy) is 1. The summed E-state index contributed by atoms with van der Waals surface area (Å²) in [6, 6.07) is 8.63. The van der Waals surface area contributed by atoms with Gasteiger partial charge in [-0.05, 0) is 46.9 Å². The molecule has 6 heteroatoms. The highest BCUT2D eigenvalue weighted by atomic mass is 127. The van der Waals surface area contributed by atoms with Crippen molar-refractivity contribution in [3.8, 4) is 11.8 Å². The Bertz CT molecular complexity index is 560. The monoisotopic (exact) mass is 342 g/mol. The van der Waals surface area contributed by atoms with Gasteiger partial charge in [-0.2, -0.15) is 4.98 Å². The summed E-state index contributed by atoms with van der Waals surface area (Å²) in [7, 11) is 0. The van der Waals surface area contributed by atoms with E-state index in [-0.39, 0.29) is 11.7 Å². The molecule has 0 unspecified atom stereocenters. The normalized spacial score (nSPS) is 9.94. The second-order valence-electron chi connectivity index (χ2n) is 3.09. The molecule has 1 heterocycles. The molecule has 0 radical (unpaired) electrons. The van der Waals surface area contributed by atoms with E-state index < -0.39 is 5.97 Å². The van der Waals surface area contributed by atoms with Crippen LogP contribution in [0.3, 0.4) is 0 Å². The molecule has 0 atom stereocenters. The molecule has 5 nitrogen and oxygen atoms in total. The number of rotatable bonds is 3. The van der Waals surface area contributed by atoms with Crippen molar-refractivity contribution in [2.24, 2.45) is 0 Å². The van der Waals surface area contributed by atoms with Gasteiger partial charge in [0, 0.05) is 9.77 Å². The molecule has 2 aromatic rings. The van der Waals surface area contributed by atoms with Crippen LogP contribution in [0.25, 0.3) is 0 Å². The largest absolute Gasteiger partial charge is 0.477 e. The summed E-state index contributed by atoms with van der Waals surface area (Å²) in [5.41, 5.74) is -0.0966. The molecular formula is C11H7IN2O3. The van der Waals surface area contributed by atoms with Crippen molar-refractivity contribution in [1.82, 2.24) is 9.97 Å². The lowest BCUT2D eigenvalue weighted by atomic mass is 10.3. The van der Waals surface area contributed by atoms with E-state index in [1.54, 1.807) is 12.1 Å². The molecule has 2 rings (SSSR count). The maximum atomic E-state index is 10.7. The quantitative estimate of drug-likeness (QED) is 0.868. The molecule has 17 heavy (non-hydrogen) atoms. The number of carboxylic acid groups (broad SMARTS) is 1. The number of carbonyl (C=O) groups is 1. The van der Waals surface area contributed by atoms with Crippen molar-refractivity contribution in [3.05, 3.63) is 45.8 Å². The Balaban J connectivity index is 2.24. The summed E-state index contributed by atoms with van der Waals surface area (Å²) in [4.78, 5) is 18.3. The van der Waals surface area contributed by atoms with Crippen molar-refractivity contribution >= 4 is 28.6 Å². The molecule has 0 amide bonds. The van der Waals surface area contributed by atoms with Gasteiger partial charge in [0.05, 0.1) is 0 Å². The maximum Gasteiger partial charge on any atom is 0.354 e. The van der Waals surface area contributed by atoms with E-state index in [4.69, 9.17) is 9.84 Å². The molecule has 0 fully saturated rings. The molecular weight excluding hydrogens is 335 g/mol. The lowest BCUT2D eigenvalue weighted by Gasteiger charge is -2.04. The lowest BCUT2D eigenvalue weighted by Crippen LogP contribution is -2.02. The molecule has 1 aromatic carbocycles. The van der Waals surface area contributed by atoms with Crippen LogP contribution in [0.15, 0.2) is 36.5 Å². The summed E-state index contributed by atoms with van der Waals surface area (Å²) in [6.45, 7) is 0. The van der Waals surface area contributed by atoms with E-state index in [0.29, 0.717) is 5.75 Å². The molecule has 1 aromatic heterocycles. The van der Waals surface area contributed by atoms with Crippen molar-refractivity contribution in [2.75, 3.05) is 0 Å². The summed E-state index contributed by atoms with van der Waals surface area (Å²) in [6.07, 6.45) is 1.35. The third-order valence-corrected chi connectivity index (χ3v) is 2.53. The van der Waals surface area contributed by atoms with Crippen molar-refractivity contribution in [2.45, 2.75) is 0 Å². The second-order valence-corrected chi connectivity index (χ2v) is 4.33. The minimum atomic E-state index is -1.11. The zero-order valence-corrected chi connectivity index (χ0v) is 10.7. The Labute approximate surface area is 111 Å². The van der Waals surface area contributed by atoms with E-state index in [2.05, 4.69) is 32.6 Å². The fraction of sp³-hybridized carbons (Fsp3) is 0. The molecule has 0 saturated heterocycles. The van der Waals surface area contributed by atoms with Gasteiger partial charge in [0.1, 0.15) is 5.75 Å². The number of aromatic nitrogens is 2. The lowest BCUT2D eigenvalue weighted by molar-refractivity contribution is 0.0689. The smallest absolute Gasteiger partial charge is 0.354 e. The average molecular weight is 342 g/mol. The maximum absolute atomic E-state index is 10.7. The first-order chi connectivity index (χ1) is 8.15. The van der Waals surface area contributed by atoms with Gasteiger partial charge in [-0.15, -0.1) is 0 Å². The van der Waals surface area contributed by atoms with Crippen molar-refractivity contribution < 1.29 is 14.6 Å². The number of carboxylic acids is 1. The molecule has 86 valence electrons. The van der Waals surface area contributed by atoms with Gasteiger partial charge in [-0.25, -0.2) is 9.78 Å². The van der Waals surface area contributed by atoms with Crippen LogP contribution >= 0.6 is 22.6 Å². The Morgan fingerprint density at radius 3 is 2.88 bits per heavy atom. The Kier molecular flexibility index (Phi) is 3.52. The average Bonchev–Trinajstić information content (AvgIpc) is 2.29. The van der Waals surface area contributed by atoms with Gasteiger partial charge in [-0.1, -0.05) is 6.07 Å². The Morgan fingerprint density at radius 1 is 1.35 bits per heavy atom. The van der Waals surface area contributed by atoms with Gasteiger partial charge >= 0.3 is 12.0 Å². The minimum Gasteiger partial charge on any atom is -0.477 e. The Hall–Kier alpha value is -1.70. The first-order valence-corrected chi connectivity index (χ1v) is 5.73. The molecule has 0 spiro atoms. The first-order valence-electron chi connectivity index (χ1n) is 4.65. The van der Waals surface area contributed by atoms with Crippen LogP contribution in [-0.4, -0.2) is 21.0 Å². The van der Waals surface area contributed by atoms with Gasteiger partial charge in [0.25, 0.3) is 0 Å². The van der Waals surface area contributed by atoms with E-state index in [1.165, 1.54) is 12.3 Å². The minimum absolute atomic E-state index is 0.0203. The standard InChI is InChI=1S/C11H7IN2O3/c12-7-2-1-3-8(6-7)17-11-13-5-4-9(14-11)10(15)16/h1-6H,(H,15,16). The summed E-state index contributed by atoms with van der Waals surface area (Å²) in [5.74, 6) is -0.542. The zero-order chi connectivity index (χ0) is 12.3. The highest BCUT2D eigenvalue weighted by Crippen LogP contribution is 2.19. The van der Waals surface area contributed by atoms with Crippen LogP contribution < -0.4 is 4.74 Å². The van der Waals surface area contributed by atoms with Crippen LogP contribution in [0.4, 0.5) is 0 Å². The van der Waals surface area contributed by atoms with Crippen LogP contribution in [0.2, 0.25) is 0 Å². The first kappa shape index (κ1) is 11.8. The highest BCUT2D eigenvalue weighted by Gasteiger charge is 2.07. The number of hydrogen-bond acceptors (Lipinski definition) is 4. The van der Waals surface area contributed by atoms with Crippen LogP contribution in [0, 0.1) is 3.57 Å². The van der Waals surface area contributed by atoms with E-state index >= 15 is 0 Å². The van der Waals surface area contributed by atoms with Crippen LogP contribution in [-0.2, 0) is 0 Å². The van der Waals surface area contributed by atoms with Gasteiger partial charge in [0.2, 0.25) is 0 Å². The number of benzene rings is 1. The molecule has 0 aliphatic rings. The van der Waals surface area contributed by atoms with Crippen LogP contribution in [0.1, 0.15) is 10.5 Å². The third-order valence-electron chi connectivity index (χ3n) is 1.86. The second kappa shape index (κ2) is 5.09. The van der Waals surface area contributed by atoms with Crippen molar-refractivity contribution in [1.29, 1.82) is 0 Å². The third kappa shape index (κ3) is 3.13. The molecule has 0 aliphatic heterocycles. The molecule has 1 N–H and O–H groups in total. The summed E-state index contributed by atoms with van der Waals surface area (Å²) >= 11 is 2.15. The van der Waals surface area contributed by atoms with E-state index in [0.717, 1.165) is 3.57 Å². The molecule has 0 aliphatic carbocycles. The molecule has 0 bridgehead atoms. The number of hydrogen-bond donors (Lipinski definition) is 1. The molecule has 0 saturated carbocycles. The van der Waals surface area contributed by atoms with Gasteiger partial charge in [-0.3, -0.25) is 0 Å². The number of halogens is 1.